The standard InChI is InChI=1S/C17H20N4O4S/c18-12-14-4-1-2-5-15(14)26(24,25)21-10-8-19(9-11-21)17(23)13-20-7-3-6-16(20)22/h1-2,4-5H,3,6-11,13H2. The number of nitrogens with zero attached hydrogens (tertiary/aromatic N) is 4. The molecule has 0 radical (unpaired) electrons. The molecule has 9 heteroatoms. The Kier molecular flexibility index (Phi) is 5.25. The molecule has 0 atom stereocenters. The van der Waals surface area contributed by atoms with E-state index in [2.05, 4.69) is 0 Å². The first kappa shape index (κ1) is 18.4. The molecule has 1 aromatic carbocycles. The van der Waals surface area contributed by atoms with Crippen molar-refractivity contribution in [2.45, 2.75) is 17.7 Å². The number of amides is 2. The van der Waals surface area contributed by atoms with Crippen molar-refractivity contribution in [3.05, 3.63) is 29.8 Å². The molecule has 2 amide bonds. The normalized spacial score (nSPS) is 18.8. The number of hydrogen-bond acceptors (Lipinski definition) is 5. The van der Waals surface area contributed by atoms with Crippen molar-refractivity contribution in [1.29, 1.82) is 5.26 Å². The Balaban J connectivity index is 1.63. The molecule has 8 nitrogen and oxygen atoms in total. The maximum absolute atomic E-state index is 12.8. The van der Waals surface area contributed by atoms with Gasteiger partial charge in [0.05, 0.1) is 17.0 Å². The van der Waals surface area contributed by atoms with Crippen LogP contribution in [0.3, 0.4) is 0 Å². The Hall–Kier alpha value is -2.44. The lowest BCUT2D eigenvalue weighted by atomic mass is 10.2. The number of carbonyl (C=O) groups excluding carboxylic acids is 2. The lowest BCUT2D eigenvalue weighted by Gasteiger charge is -2.34. The molecule has 2 aliphatic heterocycles. The minimum atomic E-state index is -3.78. The van der Waals surface area contributed by atoms with Crippen LogP contribution in [0.4, 0.5) is 0 Å². The summed E-state index contributed by atoms with van der Waals surface area (Å²) >= 11 is 0. The van der Waals surface area contributed by atoms with Crippen LogP contribution in [0.1, 0.15) is 18.4 Å². The number of carbonyl (C=O) groups is 2. The summed E-state index contributed by atoms with van der Waals surface area (Å²) in [5.41, 5.74) is 0.110. The van der Waals surface area contributed by atoms with Crippen LogP contribution < -0.4 is 0 Å². The van der Waals surface area contributed by atoms with Crippen LogP contribution in [-0.4, -0.2) is 73.6 Å². The molecule has 0 N–H and O–H groups in total. The van der Waals surface area contributed by atoms with Crippen LogP contribution in [0, 0.1) is 11.3 Å². The van der Waals surface area contributed by atoms with E-state index in [-0.39, 0.29) is 55.0 Å². The van der Waals surface area contributed by atoms with Gasteiger partial charge < -0.3 is 9.80 Å². The van der Waals surface area contributed by atoms with Crippen LogP contribution in [-0.2, 0) is 19.6 Å². The highest BCUT2D eigenvalue weighted by Gasteiger charge is 2.32. The van der Waals surface area contributed by atoms with Gasteiger partial charge in [0.15, 0.2) is 0 Å². The van der Waals surface area contributed by atoms with E-state index < -0.39 is 10.0 Å². The van der Waals surface area contributed by atoms with E-state index in [1.165, 1.54) is 16.4 Å². The Labute approximate surface area is 152 Å². The summed E-state index contributed by atoms with van der Waals surface area (Å²) in [5.74, 6) is -0.164. The SMILES string of the molecule is N#Cc1ccccc1S(=O)(=O)N1CCN(C(=O)CN2CCCC2=O)CC1. The number of benzene rings is 1. The van der Waals surface area contributed by atoms with Gasteiger partial charge in [-0.15, -0.1) is 0 Å². The van der Waals surface area contributed by atoms with E-state index >= 15 is 0 Å². The van der Waals surface area contributed by atoms with Crippen LogP contribution in [0.5, 0.6) is 0 Å². The largest absolute Gasteiger partial charge is 0.339 e. The van der Waals surface area contributed by atoms with Crippen LogP contribution >= 0.6 is 0 Å². The van der Waals surface area contributed by atoms with E-state index in [9.17, 15) is 18.0 Å². The molecule has 0 saturated carbocycles. The van der Waals surface area contributed by atoms with E-state index in [1.54, 1.807) is 21.9 Å². The predicted molar refractivity (Wildman–Crippen MR) is 92.3 cm³/mol. The van der Waals surface area contributed by atoms with Gasteiger partial charge in [-0.3, -0.25) is 9.59 Å². The summed E-state index contributed by atoms with van der Waals surface area (Å²) in [6.07, 6.45) is 1.26. The van der Waals surface area contributed by atoms with Crippen molar-refractivity contribution in [2.75, 3.05) is 39.3 Å². The van der Waals surface area contributed by atoms with Crippen molar-refractivity contribution in [1.82, 2.24) is 14.1 Å². The molecule has 2 aliphatic rings. The van der Waals surface area contributed by atoms with E-state index in [1.807, 2.05) is 6.07 Å². The van der Waals surface area contributed by atoms with Crippen molar-refractivity contribution in [2.24, 2.45) is 0 Å². The Morgan fingerprint density at radius 1 is 1.12 bits per heavy atom. The summed E-state index contributed by atoms with van der Waals surface area (Å²) in [5, 5.41) is 9.13. The van der Waals surface area contributed by atoms with E-state index in [0.717, 1.165) is 6.42 Å². The lowest BCUT2D eigenvalue weighted by Crippen LogP contribution is -2.52. The molecule has 0 aliphatic carbocycles. The van der Waals surface area contributed by atoms with Gasteiger partial charge in [-0.2, -0.15) is 9.57 Å². The molecular formula is C17H20N4O4S. The van der Waals surface area contributed by atoms with Crippen molar-refractivity contribution < 1.29 is 18.0 Å². The van der Waals surface area contributed by atoms with Gasteiger partial charge in [-0.05, 0) is 18.6 Å². The molecular weight excluding hydrogens is 356 g/mol. The van der Waals surface area contributed by atoms with Crippen molar-refractivity contribution >= 4 is 21.8 Å². The third-order valence-corrected chi connectivity index (χ3v) is 6.67. The van der Waals surface area contributed by atoms with Gasteiger partial charge >= 0.3 is 0 Å². The molecule has 2 saturated heterocycles. The third-order valence-electron chi connectivity index (χ3n) is 4.71. The summed E-state index contributed by atoms with van der Waals surface area (Å²) in [6, 6.07) is 8.00. The second-order valence-electron chi connectivity index (χ2n) is 6.31. The van der Waals surface area contributed by atoms with Gasteiger partial charge in [0.25, 0.3) is 0 Å². The molecule has 3 rings (SSSR count). The van der Waals surface area contributed by atoms with Gasteiger partial charge in [0, 0.05) is 39.1 Å². The fraction of sp³-hybridized carbons (Fsp3) is 0.471. The van der Waals surface area contributed by atoms with E-state index in [0.29, 0.717) is 13.0 Å². The van der Waals surface area contributed by atoms with Crippen LogP contribution in [0.25, 0.3) is 0 Å². The lowest BCUT2D eigenvalue weighted by molar-refractivity contribution is -0.139. The maximum atomic E-state index is 12.8. The van der Waals surface area contributed by atoms with E-state index in [4.69, 9.17) is 5.26 Å². The quantitative estimate of drug-likeness (QED) is 0.737. The monoisotopic (exact) mass is 376 g/mol. The number of rotatable bonds is 4. The van der Waals surface area contributed by atoms with Crippen molar-refractivity contribution in [3.63, 3.8) is 0 Å². The Bertz CT molecular complexity index is 854. The first-order valence-corrected chi connectivity index (χ1v) is 9.92. The van der Waals surface area contributed by atoms with Crippen LogP contribution in [0.15, 0.2) is 29.2 Å². The average molecular weight is 376 g/mol. The second-order valence-corrected chi connectivity index (χ2v) is 8.22. The molecule has 0 aromatic heterocycles. The molecule has 26 heavy (non-hydrogen) atoms. The van der Waals surface area contributed by atoms with Gasteiger partial charge in [-0.1, -0.05) is 12.1 Å². The zero-order valence-corrected chi connectivity index (χ0v) is 15.1. The summed E-state index contributed by atoms with van der Waals surface area (Å²) in [4.78, 5) is 27.1. The minimum Gasteiger partial charge on any atom is -0.339 e. The summed E-state index contributed by atoms with van der Waals surface area (Å²) in [6.45, 7) is 1.54. The molecule has 0 bridgehead atoms. The average Bonchev–Trinajstić information content (AvgIpc) is 3.06. The first-order valence-electron chi connectivity index (χ1n) is 8.48. The second kappa shape index (κ2) is 7.43. The van der Waals surface area contributed by atoms with Crippen molar-refractivity contribution in [3.8, 4) is 6.07 Å². The molecule has 0 unspecified atom stereocenters. The topological polar surface area (TPSA) is 102 Å². The van der Waals surface area contributed by atoms with Gasteiger partial charge in [0.1, 0.15) is 6.07 Å². The first-order chi connectivity index (χ1) is 12.4. The number of hydrogen-bond donors (Lipinski definition) is 0. The highest BCUT2D eigenvalue weighted by atomic mass is 32.2. The number of likely N-dealkylation sites (tertiary alicyclic amines) is 1. The van der Waals surface area contributed by atoms with Gasteiger partial charge in [0.2, 0.25) is 21.8 Å². The minimum absolute atomic E-state index is 0.00678. The zero-order valence-electron chi connectivity index (χ0n) is 14.3. The molecule has 2 heterocycles. The fourth-order valence-corrected chi connectivity index (χ4v) is 4.80. The van der Waals surface area contributed by atoms with Gasteiger partial charge in [-0.25, -0.2) is 8.42 Å². The highest BCUT2D eigenvalue weighted by Crippen LogP contribution is 2.21. The summed E-state index contributed by atoms with van der Waals surface area (Å²) < 4.78 is 26.9. The molecule has 1 aromatic rings. The molecule has 2 fully saturated rings. The number of nitriles is 1. The van der Waals surface area contributed by atoms with Crippen LogP contribution in [0.2, 0.25) is 0 Å². The molecule has 0 spiro atoms. The zero-order chi connectivity index (χ0) is 18.7. The third kappa shape index (κ3) is 3.57. The fourth-order valence-electron chi connectivity index (χ4n) is 3.24. The number of sulfonamides is 1. The maximum Gasteiger partial charge on any atom is 0.244 e. The summed E-state index contributed by atoms with van der Waals surface area (Å²) in [7, 11) is -3.78. The predicted octanol–water partition coefficient (Wildman–Crippen LogP) is 0.0136. The molecule has 138 valence electrons. The smallest absolute Gasteiger partial charge is 0.244 e. The highest BCUT2D eigenvalue weighted by molar-refractivity contribution is 7.89. The Morgan fingerprint density at radius 2 is 1.81 bits per heavy atom. The Morgan fingerprint density at radius 3 is 2.42 bits per heavy atom. The number of piperazine rings is 1.